The van der Waals surface area contributed by atoms with E-state index in [1.807, 2.05) is 47.4 Å². The van der Waals surface area contributed by atoms with Crippen LogP contribution in [0, 0.1) is 5.92 Å². The number of hydrogen-bond donors (Lipinski definition) is 0. The third kappa shape index (κ3) is 3.57. The van der Waals surface area contributed by atoms with E-state index in [0.717, 1.165) is 49.0 Å². The highest BCUT2D eigenvalue weighted by atomic mass is 35.5. The Morgan fingerprint density at radius 3 is 2.88 bits per heavy atom. The van der Waals surface area contributed by atoms with Crippen LogP contribution in [0.15, 0.2) is 48.9 Å². The largest absolute Gasteiger partial charge is 0.384 e. The second kappa shape index (κ2) is 7.43. The first-order valence-electron chi connectivity index (χ1n) is 8.61. The molecule has 26 heavy (non-hydrogen) atoms. The number of benzene rings is 1. The molecule has 0 aliphatic carbocycles. The van der Waals surface area contributed by atoms with E-state index in [9.17, 15) is 0 Å². The Hall–Kier alpha value is -2.44. The monoisotopic (exact) mass is 369 g/mol. The van der Waals surface area contributed by atoms with E-state index in [1.54, 1.807) is 13.3 Å². The van der Waals surface area contributed by atoms with Gasteiger partial charge in [-0.25, -0.2) is 14.6 Å². The molecule has 2 aromatic heterocycles. The summed E-state index contributed by atoms with van der Waals surface area (Å²) in [6, 6.07) is 9.49. The van der Waals surface area contributed by atoms with E-state index in [1.165, 1.54) is 0 Å². The van der Waals surface area contributed by atoms with Crippen LogP contribution in [0.3, 0.4) is 0 Å². The van der Waals surface area contributed by atoms with Crippen LogP contribution >= 0.6 is 11.6 Å². The Labute approximate surface area is 157 Å². The molecule has 0 radical (unpaired) electrons. The summed E-state index contributed by atoms with van der Waals surface area (Å²) in [7, 11) is 1.75. The second-order valence-corrected chi connectivity index (χ2v) is 6.88. The molecule has 0 saturated carbocycles. The van der Waals surface area contributed by atoms with Crippen molar-refractivity contribution in [3.05, 3.63) is 53.9 Å². The quantitative estimate of drug-likeness (QED) is 0.689. The van der Waals surface area contributed by atoms with Crippen LogP contribution in [0.25, 0.3) is 16.9 Å². The molecule has 3 aromatic rings. The Bertz CT molecular complexity index is 880. The molecule has 0 amide bonds. The molecule has 6 nitrogen and oxygen atoms in total. The van der Waals surface area contributed by atoms with Gasteiger partial charge in [-0.1, -0.05) is 11.6 Å². The van der Waals surface area contributed by atoms with Gasteiger partial charge in [-0.15, -0.1) is 0 Å². The molecule has 4 rings (SSSR count). The summed E-state index contributed by atoms with van der Waals surface area (Å²) in [5, 5.41) is 5.15. The number of rotatable bonds is 5. The molecule has 1 aromatic carbocycles. The van der Waals surface area contributed by atoms with Gasteiger partial charge >= 0.3 is 0 Å². The summed E-state index contributed by atoms with van der Waals surface area (Å²) in [6.45, 7) is 2.67. The fraction of sp³-hybridized carbons (Fsp3) is 0.316. The first-order chi connectivity index (χ1) is 12.7. The van der Waals surface area contributed by atoms with Crippen molar-refractivity contribution in [2.45, 2.75) is 6.42 Å². The number of ether oxygens (including phenoxy) is 1. The molecule has 3 heterocycles. The number of aromatic nitrogens is 4. The normalized spacial score (nSPS) is 17.0. The molecular weight excluding hydrogens is 350 g/mol. The lowest BCUT2D eigenvalue weighted by Crippen LogP contribution is -2.23. The molecule has 0 bridgehead atoms. The molecule has 0 spiro atoms. The van der Waals surface area contributed by atoms with Crippen LogP contribution in [-0.4, -0.2) is 46.6 Å². The number of halogens is 1. The molecule has 7 heteroatoms. The van der Waals surface area contributed by atoms with Crippen molar-refractivity contribution in [1.82, 2.24) is 19.7 Å². The van der Waals surface area contributed by atoms with E-state index in [-0.39, 0.29) is 0 Å². The predicted molar refractivity (Wildman–Crippen MR) is 102 cm³/mol. The van der Waals surface area contributed by atoms with Gasteiger partial charge in [0.1, 0.15) is 0 Å². The Kier molecular flexibility index (Phi) is 4.86. The minimum absolute atomic E-state index is 0.542. The summed E-state index contributed by atoms with van der Waals surface area (Å²) < 4.78 is 7.09. The predicted octanol–water partition coefficient (Wildman–Crippen LogP) is 3.46. The smallest absolute Gasteiger partial charge is 0.225 e. The standard InChI is InChI=1S/C19H20ClN5O/c1-26-13-14-7-9-24(11-14)19-21-8-6-18(23-19)15-10-22-25(12-15)17-4-2-16(20)3-5-17/h2-6,8,10,12,14H,7,9,11,13H2,1H3/t14-/m1/s1. The lowest BCUT2D eigenvalue weighted by molar-refractivity contribution is 0.161. The first kappa shape index (κ1) is 17.0. The summed E-state index contributed by atoms with van der Waals surface area (Å²) >= 11 is 5.95. The number of anilines is 1. The van der Waals surface area contributed by atoms with Crippen LogP contribution in [0.4, 0.5) is 5.95 Å². The van der Waals surface area contributed by atoms with Crippen molar-refractivity contribution >= 4 is 17.5 Å². The van der Waals surface area contributed by atoms with Gasteiger partial charge in [-0.2, -0.15) is 5.10 Å². The van der Waals surface area contributed by atoms with E-state index in [4.69, 9.17) is 21.3 Å². The SMILES string of the molecule is COC[C@@H]1CCN(c2nccc(-c3cnn(-c4ccc(Cl)cc4)c3)n2)C1. The van der Waals surface area contributed by atoms with Crippen LogP contribution < -0.4 is 4.90 Å². The molecule has 1 aliphatic rings. The van der Waals surface area contributed by atoms with Crippen LogP contribution in [0.2, 0.25) is 5.02 Å². The highest BCUT2D eigenvalue weighted by molar-refractivity contribution is 6.30. The number of methoxy groups -OCH3 is 1. The topological polar surface area (TPSA) is 56.1 Å². The minimum atomic E-state index is 0.542. The van der Waals surface area contributed by atoms with Gasteiger partial charge in [0, 0.05) is 49.1 Å². The van der Waals surface area contributed by atoms with Gasteiger partial charge < -0.3 is 9.64 Å². The summed E-state index contributed by atoms with van der Waals surface area (Å²) in [5.41, 5.74) is 2.78. The van der Waals surface area contributed by atoms with Crippen molar-refractivity contribution < 1.29 is 4.74 Å². The molecular formula is C19H20ClN5O. The van der Waals surface area contributed by atoms with Crippen molar-refractivity contribution in [3.8, 4) is 16.9 Å². The molecule has 134 valence electrons. The summed E-state index contributed by atoms with van der Waals surface area (Å²) in [5.74, 6) is 1.31. The summed E-state index contributed by atoms with van der Waals surface area (Å²) in [6.07, 6.45) is 6.70. The average molecular weight is 370 g/mol. The third-order valence-electron chi connectivity index (χ3n) is 4.58. The Balaban J connectivity index is 1.55. The van der Waals surface area contributed by atoms with Gasteiger partial charge in [0.05, 0.1) is 24.2 Å². The lowest BCUT2D eigenvalue weighted by atomic mass is 10.1. The average Bonchev–Trinajstić information content (AvgIpc) is 3.33. The minimum Gasteiger partial charge on any atom is -0.384 e. The number of nitrogens with zero attached hydrogens (tertiary/aromatic N) is 5. The van der Waals surface area contributed by atoms with Crippen LogP contribution in [-0.2, 0) is 4.74 Å². The van der Waals surface area contributed by atoms with Gasteiger partial charge in [0.15, 0.2) is 0 Å². The zero-order valence-corrected chi connectivity index (χ0v) is 15.3. The maximum absolute atomic E-state index is 5.95. The maximum Gasteiger partial charge on any atom is 0.225 e. The van der Waals surface area contributed by atoms with Gasteiger partial charge in [0.25, 0.3) is 0 Å². The molecule has 0 N–H and O–H groups in total. The summed E-state index contributed by atoms with van der Waals surface area (Å²) in [4.78, 5) is 11.4. The zero-order chi connectivity index (χ0) is 17.9. The van der Waals surface area contributed by atoms with Crippen molar-refractivity contribution in [3.63, 3.8) is 0 Å². The van der Waals surface area contributed by atoms with Crippen LogP contribution in [0.1, 0.15) is 6.42 Å². The van der Waals surface area contributed by atoms with E-state index >= 15 is 0 Å². The Morgan fingerprint density at radius 1 is 1.23 bits per heavy atom. The first-order valence-corrected chi connectivity index (χ1v) is 8.98. The lowest BCUT2D eigenvalue weighted by Gasteiger charge is -2.16. The second-order valence-electron chi connectivity index (χ2n) is 6.45. The molecule has 0 unspecified atom stereocenters. The molecule has 1 atom stereocenters. The van der Waals surface area contributed by atoms with Gasteiger partial charge in [-0.3, -0.25) is 0 Å². The van der Waals surface area contributed by atoms with E-state index in [2.05, 4.69) is 15.0 Å². The maximum atomic E-state index is 5.95. The highest BCUT2D eigenvalue weighted by Crippen LogP contribution is 2.24. The van der Waals surface area contributed by atoms with E-state index < -0.39 is 0 Å². The fourth-order valence-corrected chi connectivity index (χ4v) is 3.36. The van der Waals surface area contributed by atoms with Crippen LogP contribution in [0.5, 0.6) is 0 Å². The van der Waals surface area contributed by atoms with Crippen molar-refractivity contribution in [1.29, 1.82) is 0 Å². The molecule has 1 aliphatic heterocycles. The fourth-order valence-electron chi connectivity index (χ4n) is 3.24. The highest BCUT2D eigenvalue weighted by Gasteiger charge is 2.24. The molecule has 1 saturated heterocycles. The zero-order valence-electron chi connectivity index (χ0n) is 14.5. The molecule has 1 fully saturated rings. The van der Waals surface area contributed by atoms with Gasteiger partial charge in [-0.05, 0) is 36.8 Å². The Morgan fingerprint density at radius 2 is 2.08 bits per heavy atom. The van der Waals surface area contributed by atoms with Crippen molar-refractivity contribution in [2.24, 2.45) is 5.92 Å². The van der Waals surface area contributed by atoms with Crippen molar-refractivity contribution in [2.75, 3.05) is 31.7 Å². The van der Waals surface area contributed by atoms with E-state index in [0.29, 0.717) is 10.9 Å². The number of hydrogen-bond acceptors (Lipinski definition) is 5. The van der Waals surface area contributed by atoms with Gasteiger partial charge in [0.2, 0.25) is 5.95 Å². The third-order valence-corrected chi connectivity index (χ3v) is 4.84.